The van der Waals surface area contributed by atoms with E-state index in [1.807, 2.05) is 6.92 Å². The minimum Gasteiger partial charge on any atom is -0.444 e. The molecule has 0 radical (unpaired) electrons. The summed E-state index contributed by atoms with van der Waals surface area (Å²) in [5.74, 6) is 1.63. The molecule has 0 aliphatic carbocycles. The summed E-state index contributed by atoms with van der Waals surface area (Å²) in [4.78, 5) is 6.63. The Balaban J connectivity index is 2.11. The average molecular weight is 224 g/mol. The maximum atomic E-state index is 9.06. The third kappa shape index (κ3) is 2.28. The summed E-state index contributed by atoms with van der Waals surface area (Å²) >= 11 is 0. The van der Waals surface area contributed by atoms with Crippen molar-refractivity contribution >= 4 is 0 Å². The van der Waals surface area contributed by atoms with Crippen LogP contribution in [0.2, 0.25) is 0 Å². The maximum Gasteiger partial charge on any atom is 0.211 e. The van der Waals surface area contributed by atoms with Gasteiger partial charge in [0.25, 0.3) is 0 Å². The van der Waals surface area contributed by atoms with Gasteiger partial charge in [0.2, 0.25) is 5.89 Å². The predicted octanol–water partition coefficient (Wildman–Crippen LogP) is 1.93. The molecule has 2 rings (SSSR count). The van der Waals surface area contributed by atoms with Crippen molar-refractivity contribution in [3.8, 4) is 0 Å². The molecule has 1 aliphatic rings. The van der Waals surface area contributed by atoms with Crippen LogP contribution in [0.15, 0.2) is 10.6 Å². The fourth-order valence-electron chi connectivity index (χ4n) is 2.16. The Morgan fingerprint density at radius 2 is 2.44 bits per heavy atom. The van der Waals surface area contributed by atoms with Crippen LogP contribution < -0.4 is 0 Å². The number of aliphatic hydroxyl groups is 1. The van der Waals surface area contributed by atoms with E-state index in [1.165, 1.54) is 12.8 Å². The van der Waals surface area contributed by atoms with Crippen LogP contribution in [0.1, 0.15) is 49.8 Å². The molecule has 4 heteroatoms. The zero-order valence-corrected chi connectivity index (χ0v) is 10.0. The summed E-state index contributed by atoms with van der Waals surface area (Å²) in [6.07, 6.45) is 5.36. The van der Waals surface area contributed by atoms with Crippen LogP contribution in [0.5, 0.6) is 0 Å². The van der Waals surface area contributed by atoms with E-state index in [2.05, 4.69) is 16.9 Å². The topological polar surface area (TPSA) is 49.5 Å². The highest BCUT2D eigenvalue weighted by Gasteiger charge is 2.25. The van der Waals surface area contributed by atoms with Crippen LogP contribution in [-0.2, 0) is 0 Å². The monoisotopic (exact) mass is 224 g/mol. The quantitative estimate of drug-likeness (QED) is 0.852. The predicted molar refractivity (Wildman–Crippen MR) is 61.2 cm³/mol. The Morgan fingerprint density at radius 3 is 3.12 bits per heavy atom. The van der Waals surface area contributed by atoms with E-state index in [0.29, 0.717) is 6.04 Å². The summed E-state index contributed by atoms with van der Waals surface area (Å²) in [7, 11) is 2.11. The Bertz CT molecular complexity index is 338. The molecule has 1 fully saturated rings. The number of likely N-dealkylation sites (tertiary alicyclic amines) is 1. The van der Waals surface area contributed by atoms with Gasteiger partial charge in [0.15, 0.2) is 0 Å². The highest BCUT2D eigenvalue weighted by atomic mass is 16.4. The van der Waals surface area contributed by atoms with Crippen LogP contribution in [0.25, 0.3) is 0 Å². The lowest BCUT2D eigenvalue weighted by molar-refractivity contribution is 0.155. The molecule has 1 aliphatic heterocycles. The molecule has 1 aromatic rings. The zero-order chi connectivity index (χ0) is 11.5. The first-order valence-electron chi connectivity index (χ1n) is 5.99. The first-order valence-corrected chi connectivity index (χ1v) is 5.99. The van der Waals surface area contributed by atoms with Gasteiger partial charge in [0, 0.05) is 5.92 Å². The van der Waals surface area contributed by atoms with E-state index in [1.54, 1.807) is 6.20 Å². The van der Waals surface area contributed by atoms with E-state index in [0.717, 1.165) is 24.6 Å². The van der Waals surface area contributed by atoms with Gasteiger partial charge in [-0.2, -0.15) is 0 Å². The summed E-state index contributed by atoms with van der Waals surface area (Å²) < 4.78 is 5.73. The number of oxazole rings is 1. The van der Waals surface area contributed by atoms with Crippen LogP contribution >= 0.6 is 0 Å². The number of piperidine rings is 1. The number of aromatic nitrogens is 1. The number of hydrogen-bond donors (Lipinski definition) is 1. The van der Waals surface area contributed by atoms with Gasteiger partial charge < -0.3 is 9.52 Å². The highest BCUT2D eigenvalue weighted by Crippen LogP contribution is 2.30. The molecule has 0 spiro atoms. The molecule has 0 amide bonds. The van der Waals surface area contributed by atoms with E-state index in [-0.39, 0.29) is 12.5 Å². The summed E-state index contributed by atoms with van der Waals surface area (Å²) in [6, 6.07) is 0.313. The second kappa shape index (κ2) is 4.97. The Hall–Kier alpha value is -0.870. The molecule has 1 N–H and O–H groups in total. The van der Waals surface area contributed by atoms with Crippen LogP contribution in [0.3, 0.4) is 0 Å². The second-order valence-corrected chi connectivity index (χ2v) is 4.68. The molecular weight excluding hydrogens is 204 g/mol. The van der Waals surface area contributed by atoms with Gasteiger partial charge in [-0.15, -0.1) is 0 Å². The van der Waals surface area contributed by atoms with Gasteiger partial charge in [-0.25, -0.2) is 4.98 Å². The van der Waals surface area contributed by atoms with Crippen molar-refractivity contribution in [1.82, 2.24) is 9.88 Å². The SMILES string of the molecule is CC(CO)c1cnc(C2CCCCN2C)o1. The van der Waals surface area contributed by atoms with Crippen LogP contribution in [0.4, 0.5) is 0 Å². The summed E-state index contributed by atoms with van der Waals surface area (Å²) in [6.45, 7) is 3.15. The third-order valence-corrected chi connectivity index (χ3v) is 3.36. The molecule has 2 atom stereocenters. The molecule has 4 nitrogen and oxygen atoms in total. The van der Waals surface area contributed by atoms with Gasteiger partial charge in [-0.1, -0.05) is 13.3 Å². The zero-order valence-electron chi connectivity index (χ0n) is 10.0. The molecular formula is C12H20N2O2. The van der Waals surface area contributed by atoms with Crippen molar-refractivity contribution in [3.05, 3.63) is 17.8 Å². The van der Waals surface area contributed by atoms with Crippen molar-refractivity contribution in [1.29, 1.82) is 0 Å². The molecule has 2 heterocycles. The standard InChI is InChI=1S/C12H20N2O2/c1-9(8-15)11-7-13-12(16-11)10-5-3-4-6-14(10)2/h7,9-10,15H,3-6,8H2,1-2H3. The molecule has 16 heavy (non-hydrogen) atoms. The molecule has 0 aromatic carbocycles. The Morgan fingerprint density at radius 1 is 1.62 bits per heavy atom. The Kier molecular flexibility index (Phi) is 3.61. The van der Waals surface area contributed by atoms with Gasteiger partial charge in [0.1, 0.15) is 5.76 Å². The number of aliphatic hydroxyl groups excluding tert-OH is 1. The summed E-state index contributed by atoms with van der Waals surface area (Å²) in [5.41, 5.74) is 0. The fourth-order valence-corrected chi connectivity index (χ4v) is 2.16. The average Bonchev–Trinajstić information content (AvgIpc) is 2.78. The number of hydrogen-bond acceptors (Lipinski definition) is 4. The maximum absolute atomic E-state index is 9.06. The third-order valence-electron chi connectivity index (χ3n) is 3.36. The molecule has 90 valence electrons. The van der Waals surface area contributed by atoms with E-state index in [9.17, 15) is 0 Å². The largest absolute Gasteiger partial charge is 0.444 e. The minimum atomic E-state index is 0.0372. The van der Waals surface area contributed by atoms with E-state index >= 15 is 0 Å². The van der Waals surface area contributed by atoms with Gasteiger partial charge in [0.05, 0.1) is 18.8 Å². The molecule has 1 aromatic heterocycles. The fraction of sp³-hybridized carbons (Fsp3) is 0.750. The number of nitrogens with zero attached hydrogens (tertiary/aromatic N) is 2. The minimum absolute atomic E-state index is 0.0372. The lowest BCUT2D eigenvalue weighted by Crippen LogP contribution is -2.29. The highest BCUT2D eigenvalue weighted by molar-refractivity contribution is 5.03. The lowest BCUT2D eigenvalue weighted by atomic mass is 10.0. The van der Waals surface area contributed by atoms with E-state index in [4.69, 9.17) is 9.52 Å². The van der Waals surface area contributed by atoms with Gasteiger partial charge >= 0.3 is 0 Å². The first-order chi connectivity index (χ1) is 7.72. The summed E-state index contributed by atoms with van der Waals surface area (Å²) in [5, 5.41) is 9.06. The first kappa shape index (κ1) is 11.6. The van der Waals surface area contributed by atoms with Crippen LogP contribution in [-0.4, -0.2) is 35.2 Å². The van der Waals surface area contributed by atoms with Crippen molar-refractivity contribution in [2.45, 2.75) is 38.1 Å². The van der Waals surface area contributed by atoms with Crippen molar-refractivity contribution in [2.75, 3.05) is 20.2 Å². The molecule has 2 unspecified atom stereocenters. The molecule has 1 saturated heterocycles. The molecule has 0 bridgehead atoms. The smallest absolute Gasteiger partial charge is 0.211 e. The normalized spacial score (nSPS) is 24.6. The van der Waals surface area contributed by atoms with Crippen molar-refractivity contribution in [3.63, 3.8) is 0 Å². The number of rotatable bonds is 3. The van der Waals surface area contributed by atoms with Crippen molar-refractivity contribution in [2.24, 2.45) is 0 Å². The van der Waals surface area contributed by atoms with Crippen molar-refractivity contribution < 1.29 is 9.52 Å². The molecule has 0 saturated carbocycles. The van der Waals surface area contributed by atoms with Gasteiger partial charge in [-0.05, 0) is 26.4 Å². The van der Waals surface area contributed by atoms with E-state index < -0.39 is 0 Å². The Labute approximate surface area is 96.3 Å². The lowest BCUT2D eigenvalue weighted by Gasteiger charge is -2.29. The van der Waals surface area contributed by atoms with Crippen LogP contribution in [0, 0.1) is 0 Å². The second-order valence-electron chi connectivity index (χ2n) is 4.68. The van der Waals surface area contributed by atoms with Gasteiger partial charge in [-0.3, -0.25) is 4.90 Å².